The van der Waals surface area contributed by atoms with E-state index in [1.807, 2.05) is 12.1 Å². The van der Waals surface area contributed by atoms with E-state index >= 15 is 0 Å². The molecule has 2 rings (SSSR count). The lowest BCUT2D eigenvalue weighted by molar-refractivity contribution is 0.288. The third kappa shape index (κ3) is 2.31. The van der Waals surface area contributed by atoms with Crippen LogP contribution in [0, 0.1) is 0 Å². The monoisotopic (exact) mass is 233 g/mol. The first-order valence-corrected chi connectivity index (χ1v) is 5.56. The summed E-state index contributed by atoms with van der Waals surface area (Å²) in [6, 6.07) is 7.30. The molecule has 0 unspecified atom stereocenters. The SMILES string of the molecule is COc1cccc2c(=O)[nH]c(CCCO)cc12. The zero-order chi connectivity index (χ0) is 12.3. The highest BCUT2D eigenvalue weighted by molar-refractivity contribution is 5.87. The van der Waals surface area contributed by atoms with Gasteiger partial charge in [-0.15, -0.1) is 0 Å². The highest BCUT2D eigenvalue weighted by atomic mass is 16.5. The lowest BCUT2D eigenvalue weighted by Crippen LogP contribution is -2.10. The van der Waals surface area contributed by atoms with Crippen molar-refractivity contribution in [2.75, 3.05) is 13.7 Å². The highest BCUT2D eigenvalue weighted by Crippen LogP contribution is 2.23. The van der Waals surface area contributed by atoms with Gasteiger partial charge >= 0.3 is 0 Å². The Labute approximate surface area is 98.9 Å². The molecular formula is C13H15NO3. The lowest BCUT2D eigenvalue weighted by atomic mass is 10.1. The summed E-state index contributed by atoms with van der Waals surface area (Å²) in [5, 5.41) is 10.2. The van der Waals surface area contributed by atoms with E-state index in [1.165, 1.54) is 0 Å². The van der Waals surface area contributed by atoms with E-state index in [0.717, 1.165) is 11.1 Å². The molecule has 0 aliphatic rings. The largest absolute Gasteiger partial charge is 0.496 e. The summed E-state index contributed by atoms with van der Waals surface area (Å²) in [6.45, 7) is 0.117. The molecule has 0 spiro atoms. The Kier molecular flexibility index (Phi) is 3.44. The van der Waals surface area contributed by atoms with Gasteiger partial charge in [0.05, 0.1) is 12.5 Å². The number of hydrogen-bond donors (Lipinski definition) is 2. The fourth-order valence-corrected chi connectivity index (χ4v) is 1.90. The van der Waals surface area contributed by atoms with Crippen molar-refractivity contribution in [1.29, 1.82) is 0 Å². The molecule has 0 saturated heterocycles. The van der Waals surface area contributed by atoms with Gasteiger partial charge in [0, 0.05) is 17.7 Å². The van der Waals surface area contributed by atoms with Crippen LogP contribution in [-0.4, -0.2) is 23.8 Å². The molecule has 0 atom stereocenters. The van der Waals surface area contributed by atoms with Crippen molar-refractivity contribution in [3.63, 3.8) is 0 Å². The number of aliphatic hydroxyl groups excluding tert-OH is 1. The van der Waals surface area contributed by atoms with Crippen molar-refractivity contribution < 1.29 is 9.84 Å². The van der Waals surface area contributed by atoms with Crippen molar-refractivity contribution in [1.82, 2.24) is 4.98 Å². The summed E-state index contributed by atoms with van der Waals surface area (Å²) in [5.74, 6) is 0.693. The van der Waals surface area contributed by atoms with Crippen molar-refractivity contribution in [2.24, 2.45) is 0 Å². The minimum atomic E-state index is -0.116. The molecule has 1 aromatic carbocycles. The zero-order valence-electron chi connectivity index (χ0n) is 9.69. The topological polar surface area (TPSA) is 62.3 Å². The molecule has 1 aromatic heterocycles. The molecular weight excluding hydrogens is 218 g/mol. The number of ether oxygens (including phenoxy) is 1. The van der Waals surface area contributed by atoms with Crippen molar-refractivity contribution in [2.45, 2.75) is 12.8 Å². The highest BCUT2D eigenvalue weighted by Gasteiger charge is 2.06. The second-order valence-corrected chi connectivity index (χ2v) is 3.87. The Morgan fingerprint density at radius 2 is 2.18 bits per heavy atom. The molecule has 0 aliphatic heterocycles. The molecule has 0 fully saturated rings. The summed E-state index contributed by atoms with van der Waals surface area (Å²) in [7, 11) is 1.59. The van der Waals surface area contributed by atoms with E-state index in [0.29, 0.717) is 24.0 Å². The van der Waals surface area contributed by atoms with E-state index in [4.69, 9.17) is 9.84 Å². The number of nitrogens with one attached hydrogen (secondary N) is 1. The number of aryl methyl sites for hydroxylation is 1. The van der Waals surface area contributed by atoms with Crippen LogP contribution in [0.4, 0.5) is 0 Å². The maximum atomic E-state index is 11.9. The van der Waals surface area contributed by atoms with Crippen molar-refractivity contribution in [3.8, 4) is 5.75 Å². The number of aliphatic hydroxyl groups is 1. The zero-order valence-corrected chi connectivity index (χ0v) is 9.69. The van der Waals surface area contributed by atoms with Crippen molar-refractivity contribution >= 4 is 10.8 Å². The van der Waals surface area contributed by atoms with Crippen LogP contribution in [0.5, 0.6) is 5.75 Å². The molecule has 17 heavy (non-hydrogen) atoms. The van der Waals surface area contributed by atoms with Gasteiger partial charge in [-0.2, -0.15) is 0 Å². The molecule has 90 valence electrons. The average molecular weight is 233 g/mol. The quantitative estimate of drug-likeness (QED) is 0.840. The Bertz CT molecular complexity index is 574. The van der Waals surface area contributed by atoms with E-state index < -0.39 is 0 Å². The van der Waals surface area contributed by atoms with Gasteiger partial charge in [0.2, 0.25) is 0 Å². The first-order chi connectivity index (χ1) is 8.26. The molecule has 0 amide bonds. The van der Waals surface area contributed by atoms with Crippen LogP contribution in [0.2, 0.25) is 0 Å². The van der Waals surface area contributed by atoms with E-state index in [2.05, 4.69) is 4.98 Å². The second kappa shape index (κ2) is 5.01. The summed E-state index contributed by atoms with van der Waals surface area (Å²) in [5.41, 5.74) is 0.704. The van der Waals surface area contributed by atoms with Crippen LogP contribution < -0.4 is 10.3 Å². The molecule has 4 nitrogen and oxygen atoms in total. The van der Waals surface area contributed by atoms with Crippen LogP contribution in [0.25, 0.3) is 10.8 Å². The van der Waals surface area contributed by atoms with E-state index in [1.54, 1.807) is 19.2 Å². The summed E-state index contributed by atoms with van der Waals surface area (Å²) in [6.07, 6.45) is 1.29. The number of H-pyrrole nitrogens is 1. The number of hydrogen-bond acceptors (Lipinski definition) is 3. The van der Waals surface area contributed by atoms with Gasteiger partial charge in [-0.1, -0.05) is 6.07 Å². The standard InChI is InChI=1S/C13H15NO3/c1-17-12-6-2-5-10-11(12)8-9(4-3-7-15)14-13(10)16/h2,5-6,8,15H,3-4,7H2,1H3,(H,14,16). The first kappa shape index (κ1) is 11.7. The smallest absolute Gasteiger partial charge is 0.256 e. The van der Waals surface area contributed by atoms with Crippen LogP contribution in [-0.2, 0) is 6.42 Å². The third-order valence-electron chi connectivity index (χ3n) is 2.73. The van der Waals surface area contributed by atoms with Crippen LogP contribution in [0.1, 0.15) is 12.1 Å². The number of fused-ring (bicyclic) bond motifs is 1. The molecule has 2 N–H and O–H groups in total. The summed E-state index contributed by atoms with van der Waals surface area (Å²) >= 11 is 0. The van der Waals surface area contributed by atoms with Crippen LogP contribution in [0.15, 0.2) is 29.1 Å². The van der Waals surface area contributed by atoms with Crippen LogP contribution >= 0.6 is 0 Å². The Morgan fingerprint density at radius 3 is 2.88 bits per heavy atom. The predicted octanol–water partition coefficient (Wildman–Crippen LogP) is 1.46. The molecule has 0 saturated carbocycles. The minimum Gasteiger partial charge on any atom is -0.496 e. The average Bonchev–Trinajstić information content (AvgIpc) is 2.35. The Hall–Kier alpha value is -1.81. The maximum absolute atomic E-state index is 11.9. The number of aromatic amines is 1. The number of methoxy groups -OCH3 is 1. The van der Waals surface area contributed by atoms with Crippen LogP contribution in [0.3, 0.4) is 0 Å². The maximum Gasteiger partial charge on any atom is 0.256 e. The Morgan fingerprint density at radius 1 is 1.35 bits per heavy atom. The Balaban J connectivity index is 2.57. The van der Waals surface area contributed by atoms with Crippen molar-refractivity contribution in [3.05, 3.63) is 40.3 Å². The molecule has 0 aliphatic carbocycles. The van der Waals surface area contributed by atoms with Gasteiger partial charge < -0.3 is 14.8 Å². The number of rotatable bonds is 4. The number of aromatic nitrogens is 1. The molecule has 2 aromatic rings. The second-order valence-electron chi connectivity index (χ2n) is 3.87. The minimum absolute atomic E-state index is 0.116. The normalized spacial score (nSPS) is 10.7. The fraction of sp³-hybridized carbons (Fsp3) is 0.308. The van der Waals surface area contributed by atoms with Gasteiger partial charge in [-0.25, -0.2) is 0 Å². The molecule has 0 radical (unpaired) electrons. The van der Waals surface area contributed by atoms with E-state index in [-0.39, 0.29) is 12.2 Å². The van der Waals surface area contributed by atoms with Gasteiger partial charge in [0.1, 0.15) is 5.75 Å². The fourth-order valence-electron chi connectivity index (χ4n) is 1.90. The lowest BCUT2D eigenvalue weighted by Gasteiger charge is -2.07. The van der Waals surface area contributed by atoms with E-state index in [9.17, 15) is 4.79 Å². The summed E-state index contributed by atoms with van der Waals surface area (Å²) in [4.78, 5) is 14.7. The molecule has 0 bridgehead atoms. The third-order valence-corrected chi connectivity index (χ3v) is 2.73. The van der Waals surface area contributed by atoms with Gasteiger partial charge in [-0.05, 0) is 31.0 Å². The predicted molar refractivity (Wildman–Crippen MR) is 66.5 cm³/mol. The van der Waals surface area contributed by atoms with Gasteiger partial charge in [0.25, 0.3) is 5.56 Å². The summed E-state index contributed by atoms with van der Waals surface area (Å²) < 4.78 is 5.24. The molecule has 4 heteroatoms. The molecule has 1 heterocycles. The first-order valence-electron chi connectivity index (χ1n) is 5.56. The number of benzene rings is 1. The van der Waals surface area contributed by atoms with Gasteiger partial charge in [0.15, 0.2) is 0 Å². The van der Waals surface area contributed by atoms with Gasteiger partial charge in [-0.3, -0.25) is 4.79 Å². The number of pyridine rings is 1.